The molecular formula is C14H21NO3. The van der Waals surface area contributed by atoms with Crippen LogP contribution in [0.15, 0.2) is 18.2 Å². The largest absolute Gasteiger partial charge is 0.494 e. The van der Waals surface area contributed by atoms with Crippen molar-refractivity contribution in [2.45, 2.75) is 34.3 Å². The van der Waals surface area contributed by atoms with Gasteiger partial charge in [-0.25, -0.2) is 0 Å². The molecule has 4 heteroatoms. The molecule has 1 amide bonds. The Kier molecular flexibility index (Phi) is 4.73. The number of hydrogen-bond donors (Lipinski definition) is 2. The molecule has 0 saturated carbocycles. The zero-order valence-corrected chi connectivity index (χ0v) is 11.4. The number of aliphatic hydroxyl groups is 1. The first-order chi connectivity index (χ1) is 8.38. The van der Waals surface area contributed by atoms with E-state index in [1.54, 1.807) is 18.2 Å². The maximum Gasteiger partial charge on any atom is 0.229 e. The van der Waals surface area contributed by atoms with Gasteiger partial charge in [-0.2, -0.15) is 0 Å². The molecule has 0 spiro atoms. The van der Waals surface area contributed by atoms with Crippen LogP contribution >= 0.6 is 0 Å². The van der Waals surface area contributed by atoms with Crippen LogP contribution in [0.3, 0.4) is 0 Å². The van der Waals surface area contributed by atoms with Gasteiger partial charge in [-0.1, -0.05) is 20.8 Å². The van der Waals surface area contributed by atoms with E-state index in [1.165, 1.54) is 0 Å². The number of rotatable bonds is 4. The van der Waals surface area contributed by atoms with Crippen LogP contribution in [0.4, 0.5) is 5.69 Å². The quantitative estimate of drug-likeness (QED) is 0.864. The minimum atomic E-state index is -0.446. The summed E-state index contributed by atoms with van der Waals surface area (Å²) in [4.78, 5) is 11.8. The second-order valence-corrected chi connectivity index (χ2v) is 5.12. The van der Waals surface area contributed by atoms with E-state index < -0.39 is 5.41 Å². The Morgan fingerprint density at radius 1 is 1.39 bits per heavy atom. The number of carbonyl (C=O) groups excluding carboxylic acids is 1. The van der Waals surface area contributed by atoms with E-state index in [-0.39, 0.29) is 12.5 Å². The fourth-order valence-electron chi connectivity index (χ4n) is 1.40. The van der Waals surface area contributed by atoms with Crippen molar-refractivity contribution in [1.29, 1.82) is 0 Å². The smallest absolute Gasteiger partial charge is 0.229 e. The third-order valence-electron chi connectivity index (χ3n) is 2.47. The number of anilines is 1. The molecule has 0 aliphatic heterocycles. The van der Waals surface area contributed by atoms with Crippen molar-refractivity contribution >= 4 is 11.6 Å². The number of ether oxygens (including phenoxy) is 1. The topological polar surface area (TPSA) is 58.6 Å². The molecule has 0 atom stereocenters. The second kappa shape index (κ2) is 5.87. The predicted molar refractivity (Wildman–Crippen MR) is 71.6 cm³/mol. The summed E-state index contributed by atoms with van der Waals surface area (Å²) in [6, 6.07) is 5.26. The molecule has 2 N–H and O–H groups in total. The number of hydrogen-bond acceptors (Lipinski definition) is 3. The highest BCUT2D eigenvalue weighted by atomic mass is 16.5. The third kappa shape index (κ3) is 3.74. The molecule has 18 heavy (non-hydrogen) atoms. The average molecular weight is 251 g/mol. The third-order valence-corrected chi connectivity index (χ3v) is 2.47. The van der Waals surface area contributed by atoms with Crippen LogP contribution in [-0.2, 0) is 11.4 Å². The molecule has 0 aromatic heterocycles. The second-order valence-electron chi connectivity index (χ2n) is 5.12. The van der Waals surface area contributed by atoms with Crippen molar-refractivity contribution in [1.82, 2.24) is 0 Å². The van der Waals surface area contributed by atoms with Gasteiger partial charge in [-0.05, 0) is 25.1 Å². The Morgan fingerprint density at radius 2 is 2.06 bits per heavy atom. The maximum atomic E-state index is 11.8. The molecule has 0 radical (unpaired) electrons. The Hall–Kier alpha value is -1.55. The Morgan fingerprint density at radius 3 is 2.56 bits per heavy atom. The number of benzene rings is 1. The summed E-state index contributed by atoms with van der Waals surface area (Å²) in [5.74, 6) is 0.587. The normalized spacial score (nSPS) is 11.2. The minimum absolute atomic E-state index is 0.0597. The Labute approximate surface area is 108 Å². The lowest BCUT2D eigenvalue weighted by atomic mass is 9.95. The van der Waals surface area contributed by atoms with Crippen LogP contribution in [0.2, 0.25) is 0 Å². The van der Waals surface area contributed by atoms with Crippen molar-refractivity contribution in [3.63, 3.8) is 0 Å². The van der Waals surface area contributed by atoms with E-state index >= 15 is 0 Å². The van der Waals surface area contributed by atoms with Crippen molar-refractivity contribution in [2.24, 2.45) is 5.41 Å². The SMILES string of the molecule is CCOc1ccc(NC(=O)C(C)(C)C)cc1CO. The lowest BCUT2D eigenvalue weighted by Gasteiger charge is -2.18. The summed E-state index contributed by atoms with van der Waals surface area (Å²) in [7, 11) is 0. The number of nitrogens with one attached hydrogen (secondary N) is 1. The molecule has 1 aromatic rings. The summed E-state index contributed by atoms with van der Waals surface area (Å²) in [6.07, 6.45) is 0. The van der Waals surface area contributed by atoms with Crippen LogP contribution in [0, 0.1) is 5.41 Å². The van der Waals surface area contributed by atoms with E-state index in [4.69, 9.17) is 4.74 Å². The Bertz CT molecular complexity index is 422. The molecular weight excluding hydrogens is 230 g/mol. The van der Waals surface area contributed by atoms with Gasteiger partial charge in [-0.15, -0.1) is 0 Å². The minimum Gasteiger partial charge on any atom is -0.494 e. The van der Waals surface area contributed by atoms with Crippen LogP contribution in [-0.4, -0.2) is 17.6 Å². The fourth-order valence-corrected chi connectivity index (χ4v) is 1.40. The first-order valence-electron chi connectivity index (χ1n) is 6.06. The van der Waals surface area contributed by atoms with Gasteiger partial charge in [0.05, 0.1) is 13.2 Å². The van der Waals surface area contributed by atoms with Crippen LogP contribution < -0.4 is 10.1 Å². The molecule has 0 saturated heterocycles. The molecule has 0 aliphatic rings. The molecule has 0 unspecified atom stereocenters. The van der Waals surface area contributed by atoms with Gasteiger partial charge >= 0.3 is 0 Å². The van der Waals surface area contributed by atoms with Gasteiger partial charge in [0.15, 0.2) is 0 Å². The molecule has 1 aromatic carbocycles. The van der Waals surface area contributed by atoms with E-state index in [2.05, 4.69) is 5.32 Å². The lowest BCUT2D eigenvalue weighted by molar-refractivity contribution is -0.123. The van der Waals surface area contributed by atoms with Crippen molar-refractivity contribution in [3.05, 3.63) is 23.8 Å². The van der Waals surface area contributed by atoms with Gasteiger partial charge in [0.25, 0.3) is 0 Å². The monoisotopic (exact) mass is 251 g/mol. The summed E-state index contributed by atoms with van der Waals surface area (Å²) in [6.45, 7) is 7.86. The number of amides is 1. The van der Waals surface area contributed by atoms with E-state index in [0.717, 1.165) is 0 Å². The summed E-state index contributed by atoms with van der Waals surface area (Å²) in [5.41, 5.74) is 0.892. The van der Waals surface area contributed by atoms with Crippen LogP contribution in [0.5, 0.6) is 5.75 Å². The van der Waals surface area contributed by atoms with Gasteiger partial charge in [0.2, 0.25) is 5.91 Å². The zero-order chi connectivity index (χ0) is 13.8. The standard InChI is InChI=1S/C14H21NO3/c1-5-18-12-7-6-11(8-10(12)9-16)15-13(17)14(2,3)4/h6-8,16H,5,9H2,1-4H3,(H,15,17). The van der Waals surface area contributed by atoms with Gasteiger partial charge in [0.1, 0.15) is 5.75 Å². The van der Waals surface area contributed by atoms with Crippen molar-refractivity contribution < 1.29 is 14.6 Å². The Balaban J connectivity index is 2.89. The molecule has 4 nitrogen and oxygen atoms in total. The highest BCUT2D eigenvalue weighted by Gasteiger charge is 2.21. The summed E-state index contributed by atoms with van der Waals surface area (Å²) >= 11 is 0. The van der Waals surface area contributed by atoms with E-state index in [0.29, 0.717) is 23.6 Å². The molecule has 100 valence electrons. The van der Waals surface area contributed by atoms with Gasteiger partial charge < -0.3 is 15.2 Å². The van der Waals surface area contributed by atoms with Gasteiger partial charge in [-0.3, -0.25) is 4.79 Å². The number of carbonyl (C=O) groups is 1. The van der Waals surface area contributed by atoms with E-state index in [1.807, 2.05) is 27.7 Å². The molecule has 0 heterocycles. The molecule has 0 fully saturated rings. The highest BCUT2D eigenvalue weighted by Crippen LogP contribution is 2.24. The first-order valence-corrected chi connectivity index (χ1v) is 6.06. The maximum absolute atomic E-state index is 11.8. The van der Waals surface area contributed by atoms with Crippen molar-refractivity contribution in [3.8, 4) is 5.75 Å². The highest BCUT2D eigenvalue weighted by molar-refractivity contribution is 5.94. The molecule has 1 rings (SSSR count). The average Bonchev–Trinajstić information content (AvgIpc) is 2.30. The fraction of sp³-hybridized carbons (Fsp3) is 0.500. The van der Waals surface area contributed by atoms with Gasteiger partial charge in [0, 0.05) is 16.7 Å². The molecule has 0 bridgehead atoms. The summed E-state index contributed by atoms with van der Waals surface area (Å²) < 4.78 is 5.38. The number of aliphatic hydroxyl groups excluding tert-OH is 1. The van der Waals surface area contributed by atoms with E-state index in [9.17, 15) is 9.90 Å². The zero-order valence-electron chi connectivity index (χ0n) is 11.4. The summed E-state index contributed by atoms with van der Waals surface area (Å²) in [5, 5.41) is 12.1. The molecule has 0 aliphatic carbocycles. The predicted octanol–water partition coefficient (Wildman–Crippen LogP) is 2.56. The van der Waals surface area contributed by atoms with Crippen molar-refractivity contribution in [2.75, 3.05) is 11.9 Å². The lowest BCUT2D eigenvalue weighted by Crippen LogP contribution is -2.27. The first kappa shape index (κ1) is 14.5. The van der Waals surface area contributed by atoms with Crippen LogP contribution in [0.25, 0.3) is 0 Å². The van der Waals surface area contributed by atoms with Crippen LogP contribution in [0.1, 0.15) is 33.3 Å².